The lowest BCUT2D eigenvalue weighted by atomic mass is 10.1. The molecule has 1 aliphatic heterocycles. The van der Waals surface area contributed by atoms with E-state index in [9.17, 15) is 4.79 Å². The molecular formula is C20H17NO2. The van der Waals surface area contributed by atoms with Gasteiger partial charge in [-0.15, -0.1) is 0 Å². The molecule has 0 saturated carbocycles. The zero-order valence-corrected chi connectivity index (χ0v) is 12.7. The van der Waals surface area contributed by atoms with E-state index >= 15 is 0 Å². The molecule has 0 fully saturated rings. The highest BCUT2D eigenvalue weighted by molar-refractivity contribution is 5.91. The molecule has 0 amide bonds. The first-order valence-corrected chi connectivity index (χ1v) is 7.80. The van der Waals surface area contributed by atoms with Crippen molar-refractivity contribution in [1.29, 1.82) is 0 Å². The number of aldehydes is 1. The van der Waals surface area contributed by atoms with Gasteiger partial charge >= 0.3 is 0 Å². The van der Waals surface area contributed by atoms with Crippen LogP contribution in [0.4, 0.5) is 0 Å². The third-order valence-corrected chi connectivity index (χ3v) is 4.32. The van der Waals surface area contributed by atoms with E-state index in [1.165, 1.54) is 5.52 Å². The number of rotatable bonds is 4. The minimum absolute atomic E-state index is 0.566. The van der Waals surface area contributed by atoms with Crippen molar-refractivity contribution in [2.45, 2.75) is 19.6 Å². The number of carbonyl (C=O) groups is 1. The van der Waals surface area contributed by atoms with E-state index in [-0.39, 0.29) is 0 Å². The minimum Gasteiger partial charge on any atom is -0.489 e. The van der Waals surface area contributed by atoms with Gasteiger partial charge in [0.2, 0.25) is 0 Å². The van der Waals surface area contributed by atoms with Crippen LogP contribution in [0.1, 0.15) is 17.7 Å². The van der Waals surface area contributed by atoms with Crippen molar-refractivity contribution in [2.75, 3.05) is 0 Å². The van der Waals surface area contributed by atoms with E-state index < -0.39 is 0 Å². The molecule has 0 N–H and O–H groups in total. The second-order valence-electron chi connectivity index (χ2n) is 5.75. The highest BCUT2D eigenvalue weighted by atomic mass is 16.5. The predicted molar refractivity (Wildman–Crippen MR) is 91.4 cm³/mol. The molecule has 2 heterocycles. The van der Waals surface area contributed by atoms with Crippen LogP contribution >= 0.6 is 0 Å². The number of hydrogen-bond donors (Lipinski definition) is 0. The van der Waals surface area contributed by atoms with Crippen LogP contribution in [0, 0.1) is 0 Å². The Morgan fingerprint density at radius 1 is 1.09 bits per heavy atom. The lowest BCUT2D eigenvalue weighted by Gasteiger charge is -2.07. The van der Waals surface area contributed by atoms with Crippen LogP contribution in [-0.4, -0.2) is 10.9 Å². The Kier molecular flexibility index (Phi) is 3.46. The highest BCUT2D eigenvalue weighted by Gasteiger charge is 2.19. The Bertz CT molecular complexity index is 891. The molecular weight excluding hydrogens is 286 g/mol. The molecule has 3 nitrogen and oxygen atoms in total. The molecule has 0 aliphatic carbocycles. The SMILES string of the molecule is O=C/C=C1/CCn2c1cc1cc(OCc3ccccc3)ccc12. The minimum atomic E-state index is 0.566. The number of benzene rings is 2. The van der Waals surface area contributed by atoms with Gasteiger partial charge in [-0.25, -0.2) is 0 Å². The summed E-state index contributed by atoms with van der Waals surface area (Å²) in [6.07, 6.45) is 3.47. The van der Waals surface area contributed by atoms with Crippen molar-refractivity contribution in [3.8, 4) is 5.75 Å². The Morgan fingerprint density at radius 3 is 2.78 bits per heavy atom. The summed E-state index contributed by atoms with van der Waals surface area (Å²) in [5.74, 6) is 0.867. The summed E-state index contributed by atoms with van der Waals surface area (Å²) < 4.78 is 8.16. The van der Waals surface area contributed by atoms with Gasteiger partial charge in [-0.2, -0.15) is 0 Å². The number of aryl methyl sites for hydroxylation is 1. The zero-order chi connectivity index (χ0) is 15.6. The van der Waals surface area contributed by atoms with E-state index in [4.69, 9.17) is 4.74 Å². The van der Waals surface area contributed by atoms with Crippen molar-refractivity contribution in [2.24, 2.45) is 0 Å². The van der Waals surface area contributed by atoms with Gasteiger partial charge in [-0.05, 0) is 47.9 Å². The van der Waals surface area contributed by atoms with Gasteiger partial charge in [-0.1, -0.05) is 30.3 Å². The highest BCUT2D eigenvalue weighted by Crippen LogP contribution is 2.34. The fourth-order valence-electron chi connectivity index (χ4n) is 3.20. The molecule has 0 unspecified atom stereocenters. The summed E-state index contributed by atoms with van der Waals surface area (Å²) in [6, 6.07) is 18.5. The number of allylic oxidation sites excluding steroid dienone is 2. The van der Waals surface area contributed by atoms with Crippen LogP contribution in [0.2, 0.25) is 0 Å². The van der Waals surface area contributed by atoms with Gasteiger partial charge in [0, 0.05) is 23.1 Å². The van der Waals surface area contributed by atoms with Gasteiger partial charge < -0.3 is 9.30 Å². The van der Waals surface area contributed by atoms with Crippen LogP contribution in [0.25, 0.3) is 16.5 Å². The van der Waals surface area contributed by atoms with Gasteiger partial charge in [-0.3, -0.25) is 4.79 Å². The maximum Gasteiger partial charge on any atom is 0.143 e. The number of aromatic nitrogens is 1. The third kappa shape index (κ3) is 2.55. The van der Waals surface area contributed by atoms with Gasteiger partial charge in [0.15, 0.2) is 0 Å². The van der Waals surface area contributed by atoms with Crippen LogP contribution in [0.5, 0.6) is 5.75 Å². The summed E-state index contributed by atoms with van der Waals surface area (Å²) in [7, 11) is 0. The molecule has 0 atom stereocenters. The molecule has 1 aliphatic rings. The molecule has 3 heteroatoms. The topological polar surface area (TPSA) is 31.2 Å². The standard InChI is InChI=1S/C20H17NO2/c22-11-9-16-8-10-21-19-7-6-18(12-17(19)13-20(16)21)23-14-15-4-2-1-3-5-15/h1-7,9,11-13H,8,10,14H2/b16-9-. The number of nitrogens with zero attached hydrogens (tertiary/aromatic N) is 1. The van der Waals surface area contributed by atoms with E-state index in [2.05, 4.69) is 34.9 Å². The summed E-state index contributed by atoms with van der Waals surface area (Å²) in [5, 5.41) is 1.15. The van der Waals surface area contributed by atoms with Crippen LogP contribution in [0.3, 0.4) is 0 Å². The average Bonchev–Trinajstić information content (AvgIpc) is 3.14. The Morgan fingerprint density at radius 2 is 1.96 bits per heavy atom. The molecule has 23 heavy (non-hydrogen) atoms. The quantitative estimate of drug-likeness (QED) is 0.534. The monoisotopic (exact) mass is 303 g/mol. The molecule has 0 spiro atoms. The van der Waals surface area contributed by atoms with Crippen LogP contribution in [0.15, 0.2) is 60.7 Å². The first-order chi connectivity index (χ1) is 11.3. The normalized spacial score (nSPS) is 15.0. The molecule has 1 aromatic heterocycles. The maximum absolute atomic E-state index is 10.8. The smallest absolute Gasteiger partial charge is 0.143 e. The van der Waals surface area contributed by atoms with E-state index in [1.54, 1.807) is 6.08 Å². The number of ether oxygens (including phenoxy) is 1. The average molecular weight is 303 g/mol. The third-order valence-electron chi connectivity index (χ3n) is 4.32. The zero-order valence-electron chi connectivity index (χ0n) is 12.7. The fourth-order valence-corrected chi connectivity index (χ4v) is 3.20. The van der Waals surface area contributed by atoms with Crippen LogP contribution < -0.4 is 4.74 Å². The van der Waals surface area contributed by atoms with Crippen molar-refractivity contribution in [3.63, 3.8) is 0 Å². The molecule has 4 rings (SSSR count). The van der Waals surface area contributed by atoms with E-state index in [1.807, 2.05) is 24.3 Å². The summed E-state index contributed by atoms with van der Waals surface area (Å²) in [6.45, 7) is 1.50. The number of hydrogen-bond acceptors (Lipinski definition) is 2. The lowest BCUT2D eigenvalue weighted by Crippen LogP contribution is -1.95. The predicted octanol–water partition coefficient (Wildman–Crippen LogP) is 4.21. The van der Waals surface area contributed by atoms with Gasteiger partial charge in [0.05, 0.1) is 0 Å². The first kappa shape index (κ1) is 13.8. The first-order valence-electron chi connectivity index (χ1n) is 7.80. The lowest BCUT2D eigenvalue weighted by molar-refractivity contribution is -0.104. The molecule has 2 aromatic carbocycles. The molecule has 0 saturated heterocycles. The van der Waals surface area contributed by atoms with Gasteiger partial charge in [0.1, 0.15) is 18.6 Å². The molecule has 0 radical (unpaired) electrons. The largest absolute Gasteiger partial charge is 0.489 e. The van der Waals surface area contributed by atoms with Crippen molar-refractivity contribution >= 4 is 22.8 Å². The van der Waals surface area contributed by atoms with Crippen molar-refractivity contribution in [1.82, 2.24) is 4.57 Å². The fraction of sp³-hybridized carbons (Fsp3) is 0.150. The Balaban J connectivity index is 1.62. The second kappa shape index (κ2) is 5.76. The maximum atomic E-state index is 10.8. The molecule has 0 bridgehead atoms. The summed E-state index contributed by atoms with van der Waals surface area (Å²) in [5.41, 5.74) is 4.61. The van der Waals surface area contributed by atoms with Crippen molar-refractivity contribution in [3.05, 3.63) is 71.9 Å². The van der Waals surface area contributed by atoms with E-state index in [0.29, 0.717) is 6.61 Å². The van der Waals surface area contributed by atoms with Crippen LogP contribution in [-0.2, 0) is 17.9 Å². The Labute approximate surface area is 134 Å². The van der Waals surface area contributed by atoms with Crippen molar-refractivity contribution < 1.29 is 9.53 Å². The molecule has 114 valence electrons. The van der Waals surface area contributed by atoms with E-state index in [0.717, 1.165) is 47.2 Å². The molecule has 3 aromatic rings. The number of fused-ring (bicyclic) bond motifs is 3. The Hall–Kier alpha value is -2.81. The summed E-state index contributed by atoms with van der Waals surface area (Å²) >= 11 is 0. The number of carbonyl (C=O) groups excluding carboxylic acids is 1. The second-order valence-corrected chi connectivity index (χ2v) is 5.75. The van der Waals surface area contributed by atoms with Gasteiger partial charge in [0.25, 0.3) is 0 Å². The summed E-state index contributed by atoms with van der Waals surface area (Å²) in [4.78, 5) is 10.8.